The zero-order valence-corrected chi connectivity index (χ0v) is 16.3. The van der Waals surface area contributed by atoms with Gasteiger partial charge < -0.3 is 28.1 Å². The van der Waals surface area contributed by atoms with Gasteiger partial charge in [-0.3, -0.25) is 0 Å². The van der Waals surface area contributed by atoms with Gasteiger partial charge in [0.25, 0.3) is 0 Å². The van der Waals surface area contributed by atoms with Crippen LogP contribution < -0.4 is 10.4 Å². The van der Waals surface area contributed by atoms with Gasteiger partial charge in [0.1, 0.15) is 17.4 Å². The summed E-state index contributed by atoms with van der Waals surface area (Å²) in [6.45, 7) is 7.14. The molecule has 2 fully saturated rings. The number of ether oxygens (including phenoxy) is 5. The number of benzene rings is 1. The van der Waals surface area contributed by atoms with Gasteiger partial charge in [0.15, 0.2) is 6.10 Å². The molecule has 0 radical (unpaired) electrons. The van der Waals surface area contributed by atoms with E-state index in [9.17, 15) is 9.59 Å². The second-order valence-corrected chi connectivity index (χ2v) is 7.60. The number of hydrogen-bond acceptors (Lipinski definition) is 8. The molecule has 0 spiro atoms. The first-order chi connectivity index (χ1) is 13.2. The number of hydrogen-bond donors (Lipinski definition) is 0. The molecule has 0 N–H and O–H groups in total. The van der Waals surface area contributed by atoms with Gasteiger partial charge in [-0.2, -0.15) is 0 Å². The maximum Gasteiger partial charge on any atom is 0.509 e. The van der Waals surface area contributed by atoms with Crippen molar-refractivity contribution in [2.45, 2.75) is 57.9 Å². The van der Waals surface area contributed by atoms with Crippen molar-refractivity contribution in [3.63, 3.8) is 0 Å². The highest BCUT2D eigenvalue weighted by molar-refractivity contribution is 5.82. The van der Waals surface area contributed by atoms with Crippen molar-refractivity contribution in [1.82, 2.24) is 0 Å². The van der Waals surface area contributed by atoms with Crippen LogP contribution in [0.3, 0.4) is 0 Å². The molecule has 2 aliphatic heterocycles. The van der Waals surface area contributed by atoms with Crippen LogP contribution in [0.5, 0.6) is 5.75 Å². The molecule has 28 heavy (non-hydrogen) atoms. The van der Waals surface area contributed by atoms with Crippen LogP contribution in [0.15, 0.2) is 27.4 Å². The monoisotopic (exact) mass is 390 g/mol. The average molecular weight is 390 g/mol. The second kappa shape index (κ2) is 6.49. The lowest BCUT2D eigenvalue weighted by Gasteiger charge is -2.45. The number of carbonyl (C=O) groups is 1. The van der Waals surface area contributed by atoms with E-state index in [4.69, 9.17) is 28.1 Å². The van der Waals surface area contributed by atoms with Crippen LogP contribution in [0.4, 0.5) is 4.79 Å². The highest BCUT2D eigenvalue weighted by Gasteiger charge is 2.58. The first-order valence-electron chi connectivity index (χ1n) is 9.00. The number of rotatable bonds is 3. The maximum absolute atomic E-state index is 11.9. The molecule has 0 aliphatic carbocycles. The average Bonchev–Trinajstić information content (AvgIpc) is 3.00. The van der Waals surface area contributed by atoms with Gasteiger partial charge in [0.05, 0.1) is 5.60 Å². The third kappa shape index (κ3) is 2.93. The van der Waals surface area contributed by atoms with Crippen molar-refractivity contribution in [3.05, 3.63) is 39.7 Å². The van der Waals surface area contributed by atoms with Crippen molar-refractivity contribution >= 4 is 17.1 Å². The van der Waals surface area contributed by atoms with Gasteiger partial charge in [-0.25, -0.2) is 9.59 Å². The minimum atomic E-state index is -0.911. The molecule has 0 amide bonds. The summed E-state index contributed by atoms with van der Waals surface area (Å²) in [5.41, 5.74) is 0.425. The number of carbonyl (C=O) groups excluding carboxylic acids is 1. The van der Waals surface area contributed by atoms with Gasteiger partial charge in [-0.05, 0) is 45.9 Å². The standard InChI is InChI=1S/C20H22O8/c1-9-8-11-6-7-12(10(2)13(11)25-17(9)21)24-18-15-14(26-19(22)27-15)16(23-5)20(3,4)28-18/h6-8,14-16,18H,1-5H3/t14?,15-,16+,18+/m0/s1. The Morgan fingerprint density at radius 3 is 2.50 bits per heavy atom. The minimum absolute atomic E-state index is 0.399. The minimum Gasteiger partial charge on any atom is -0.460 e. The van der Waals surface area contributed by atoms with Gasteiger partial charge in [0, 0.05) is 23.6 Å². The van der Waals surface area contributed by atoms with Crippen molar-refractivity contribution < 1.29 is 32.9 Å². The topological polar surface area (TPSA) is 93.4 Å². The Hall–Kier alpha value is -2.58. The molecule has 0 bridgehead atoms. The molecule has 1 aromatic carbocycles. The van der Waals surface area contributed by atoms with E-state index in [1.165, 1.54) is 7.11 Å². The molecule has 1 unspecified atom stereocenters. The largest absolute Gasteiger partial charge is 0.509 e. The summed E-state index contributed by atoms with van der Waals surface area (Å²) in [5, 5.41) is 0.791. The third-order valence-corrected chi connectivity index (χ3v) is 5.23. The second-order valence-electron chi connectivity index (χ2n) is 7.60. The Kier molecular flexibility index (Phi) is 4.35. The van der Waals surface area contributed by atoms with Crippen LogP contribution in [0.25, 0.3) is 11.0 Å². The normalized spacial score (nSPS) is 28.5. The molecule has 1 aromatic heterocycles. The summed E-state index contributed by atoms with van der Waals surface area (Å²) in [6.07, 6.45) is -3.66. The Bertz CT molecular complexity index is 992. The molecule has 2 aliphatic rings. The predicted octanol–water partition coefficient (Wildman–Crippen LogP) is 2.84. The van der Waals surface area contributed by atoms with E-state index < -0.39 is 42.0 Å². The fourth-order valence-electron chi connectivity index (χ4n) is 3.83. The Labute approximate surface area is 161 Å². The molecule has 8 nitrogen and oxygen atoms in total. The fraction of sp³-hybridized carbons (Fsp3) is 0.500. The van der Waals surface area contributed by atoms with Crippen LogP contribution in [0.1, 0.15) is 25.0 Å². The van der Waals surface area contributed by atoms with Crippen LogP contribution in [-0.4, -0.2) is 43.5 Å². The van der Waals surface area contributed by atoms with E-state index in [1.54, 1.807) is 32.0 Å². The molecule has 4 rings (SSSR count). The first kappa shape index (κ1) is 18.8. The molecule has 8 heteroatoms. The number of methoxy groups -OCH3 is 1. The van der Waals surface area contributed by atoms with E-state index in [0.29, 0.717) is 22.5 Å². The van der Waals surface area contributed by atoms with Crippen LogP contribution >= 0.6 is 0 Å². The zero-order chi connectivity index (χ0) is 20.2. The summed E-state index contributed by atoms with van der Waals surface area (Å²) in [7, 11) is 1.53. The number of aryl methyl sites for hydroxylation is 2. The quantitative estimate of drug-likeness (QED) is 0.583. The third-order valence-electron chi connectivity index (χ3n) is 5.23. The first-order valence-corrected chi connectivity index (χ1v) is 9.00. The summed E-state index contributed by atoms with van der Waals surface area (Å²) >= 11 is 0. The molecule has 3 heterocycles. The van der Waals surface area contributed by atoms with E-state index in [1.807, 2.05) is 13.8 Å². The SMILES string of the molecule is CO[C@@H]1C2OC(=O)O[C@@H]2[C@H](Oc2ccc3cc(C)c(=O)oc3c2C)OC1(C)C. The van der Waals surface area contributed by atoms with Gasteiger partial charge >= 0.3 is 11.8 Å². The maximum atomic E-state index is 11.9. The molecular formula is C20H22O8. The van der Waals surface area contributed by atoms with Gasteiger partial charge in [-0.1, -0.05) is 0 Å². The Morgan fingerprint density at radius 2 is 1.79 bits per heavy atom. The van der Waals surface area contributed by atoms with Crippen LogP contribution in [0.2, 0.25) is 0 Å². The lowest BCUT2D eigenvalue weighted by atomic mass is 9.89. The van der Waals surface area contributed by atoms with Crippen molar-refractivity contribution in [2.24, 2.45) is 0 Å². The summed E-state index contributed by atoms with van der Waals surface area (Å²) in [4.78, 5) is 23.6. The molecule has 2 aromatic rings. The van der Waals surface area contributed by atoms with Crippen molar-refractivity contribution in [2.75, 3.05) is 7.11 Å². The number of fused-ring (bicyclic) bond motifs is 2. The molecule has 2 saturated heterocycles. The van der Waals surface area contributed by atoms with Gasteiger partial charge in [0.2, 0.25) is 12.4 Å². The van der Waals surface area contributed by atoms with Crippen LogP contribution in [-0.2, 0) is 18.9 Å². The molecule has 150 valence electrons. The predicted molar refractivity (Wildman–Crippen MR) is 97.5 cm³/mol. The smallest absolute Gasteiger partial charge is 0.460 e. The van der Waals surface area contributed by atoms with Crippen LogP contribution in [0, 0.1) is 13.8 Å². The van der Waals surface area contributed by atoms with Crippen molar-refractivity contribution in [3.8, 4) is 5.75 Å². The van der Waals surface area contributed by atoms with Crippen molar-refractivity contribution in [1.29, 1.82) is 0 Å². The summed E-state index contributed by atoms with van der Waals surface area (Å²) in [6, 6.07) is 5.33. The van der Waals surface area contributed by atoms with E-state index in [2.05, 4.69) is 0 Å². The lowest BCUT2D eigenvalue weighted by Crippen LogP contribution is -2.62. The zero-order valence-electron chi connectivity index (χ0n) is 16.3. The molecular weight excluding hydrogens is 368 g/mol. The lowest BCUT2D eigenvalue weighted by molar-refractivity contribution is -0.282. The fourth-order valence-corrected chi connectivity index (χ4v) is 3.83. The summed E-state index contributed by atoms with van der Waals surface area (Å²) in [5.74, 6) is 0.456. The van der Waals surface area contributed by atoms with Gasteiger partial charge in [-0.15, -0.1) is 0 Å². The highest BCUT2D eigenvalue weighted by atomic mass is 16.8. The Balaban J connectivity index is 1.70. The van der Waals surface area contributed by atoms with E-state index >= 15 is 0 Å². The highest BCUT2D eigenvalue weighted by Crippen LogP contribution is 2.39. The Morgan fingerprint density at radius 1 is 1.07 bits per heavy atom. The van der Waals surface area contributed by atoms with E-state index in [0.717, 1.165) is 5.39 Å². The summed E-state index contributed by atoms with van der Waals surface area (Å²) < 4.78 is 33.6. The van der Waals surface area contributed by atoms with E-state index in [-0.39, 0.29) is 0 Å². The molecule has 4 atom stereocenters. The molecule has 0 saturated carbocycles.